The predicted molar refractivity (Wildman–Crippen MR) is 164 cm³/mol. The van der Waals surface area contributed by atoms with E-state index in [-0.39, 0.29) is 18.0 Å². The number of rotatable bonds is 6. The number of benzene rings is 3. The van der Waals surface area contributed by atoms with Crippen LogP contribution in [0, 0.1) is 18.6 Å². The number of morpholine rings is 1. The van der Waals surface area contributed by atoms with E-state index in [0.717, 1.165) is 37.1 Å². The predicted octanol–water partition coefficient (Wildman–Crippen LogP) is 5.55. The van der Waals surface area contributed by atoms with Crippen molar-refractivity contribution < 1.29 is 18.3 Å². The number of halogens is 2. The number of hydrogen-bond donors (Lipinski definition) is 0. The van der Waals surface area contributed by atoms with Gasteiger partial charge in [0.15, 0.2) is 0 Å². The van der Waals surface area contributed by atoms with Crippen molar-refractivity contribution in [1.29, 1.82) is 0 Å². The zero-order chi connectivity index (χ0) is 30.1. The van der Waals surface area contributed by atoms with E-state index in [0.29, 0.717) is 65.8 Å². The minimum Gasteiger partial charge on any atom is -0.379 e. The minimum absolute atomic E-state index is 0.0502. The number of ether oxygens (including phenoxy) is 1. The van der Waals surface area contributed by atoms with Crippen molar-refractivity contribution in [2.45, 2.75) is 32.4 Å². The zero-order valence-electron chi connectivity index (χ0n) is 24.9. The molecule has 0 spiro atoms. The molecule has 2 saturated heterocycles. The van der Waals surface area contributed by atoms with Gasteiger partial charge in [0.05, 0.1) is 36.1 Å². The van der Waals surface area contributed by atoms with E-state index >= 15 is 8.78 Å². The minimum atomic E-state index is -0.579. The molecule has 2 aliphatic rings. The summed E-state index contributed by atoms with van der Waals surface area (Å²) in [5, 5.41) is 0. The van der Waals surface area contributed by atoms with Crippen LogP contribution in [0.5, 0.6) is 0 Å². The highest BCUT2D eigenvalue weighted by Crippen LogP contribution is 2.32. The summed E-state index contributed by atoms with van der Waals surface area (Å²) < 4.78 is 35.9. The summed E-state index contributed by atoms with van der Waals surface area (Å²) in [7, 11) is 4.17. The third kappa shape index (κ3) is 6.16. The Morgan fingerprint density at radius 3 is 2.37 bits per heavy atom. The second-order valence-electron chi connectivity index (χ2n) is 11.8. The van der Waals surface area contributed by atoms with Gasteiger partial charge >= 0.3 is 0 Å². The number of fused-ring (bicyclic) bond motifs is 1. The Hall–Kier alpha value is -3.79. The molecular weight excluding hydrogens is 548 g/mol. The molecule has 43 heavy (non-hydrogen) atoms. The van der Waals surface area contributed by atoms with Crippen molar-refractivity contribution in [3.05, 3.63) is 83.1 Å². The second kappa shape index (κ2) is 12.4. The van der Waals surface area contributed by atoms with Gasteiger partial charge in [0, 0.05) is 61.0 Å². The smallest absolute Gasteiger partial charge is 0.254 e. The summed E-state index contributed by atoms with van der Waals surface area (Å²) in [6.45, 7) is 6.05. The molecule has 2 fully saturated rings. The standard InChI is InChI=1S/C34H37F2N5O2/c1-22-17-23(7-8-26(22)34(42)41-11-9-25(10-12-41)39(2)3)32-20-37-31-6-4-5-27(33(31)38-32)24-18-29(35)28(30(36)19-24)21-40-13-15-43-16-14-40/h4-8,17-20,25H,9-16,21H2,1-3H3. The third-order valence-corrected chi connectivity index (χ3v) is 8.74. The number of piperidine rings is 1. The molecule has 0 bridgehead atoms. The number of carbonyl (C=O) groups is 1. The van der Waals surface area contributed by atoms with Gasteiger partial charge in [0.25, 0.3) is 5.91 Å². The molecule has 4 aromatic rings. The van der Waals surface area contributed by atoms with Crippen molar-refractivity contribution in [1.82, 2.24) is 24.7 Å². The van der Waals surface area contributed by atoms with Gasteiger partial charge in [0.2, 0.25) is 0 Å². The quantitative estimate of drug-likeness (QED) is 0.296. The van der Waals surface area contributed by atoms with Crippen LogP contribution >= 0.6 is 0 Å². The number of aryl methyl sites for hydroxylation is 1. The average molecular weight is 586 g/mol. The molecule has 6 rings (SSSR count). The summed E-state index contributed by atoms with van der Waals surface area (Å²) in [5.41, 5.74) is 5.26. The Kier molecular flexibility index (Phi) is 8.47. The summed E-state index contributed by atoms with van der Waals surface area (Å²) in [5.74, 6) is -1.11. The Labute approximate surface area is 251 Å². The van der Waals surface area contributed by atoms with Crippen LogP contribution in [-0.2, 0) is 11.3 Å². The molecule has 0 aliphatic carbocycles. The fraction of sp³-hybridized carbons (Fsp3) is 0.382. The summed E-state index contributed by atoms with van der Waals surface area (Å²) in [4.78, 5) is 29.0. The van der Waals surface area contributed by atoms with Gasteiger partial charge in [-0.15, -0.1) is 0 Å². The first-order valence-corrected chi connectivity index (χ1v) is 14.9. The second-order valence-corrected chi connectivity index (χ2v) is 11.8. The van der Waals surface area contributed by atoms with Gasteiger partial charge in [-0.2, -0.15) is 0 Å². The fourth-order valence-corrected chi connectivity index (χ4v) is 6.12. The highest BCUT2D eigenvalue weighted by Gasteiger charge is 2.26. The first-order valence-electron chi connectivity index (χ1n) is 14.9. The Bertz CT molecular complexity index is 1620. The molecule has 2 aliphatic heterocycles. The SMILES string of the molecule is Cc1cc(-c2cnc3cccc(-c4cc(F)c(CN5CCOCC5)c(F)c4)c3n2)ccc1C(=O)N1CCC(N(C)C)CC1. The van der Waals surface area contributed by atoms with Crippen LogP contribution < -0.4 is 0 Å². The van der Waals surface area contributed by atoms with Crippen molar-refractivity contribution in [3.8, 4) is 22.4 Å². The Balaban J connectivity index is 1.27. The molecular formula is C34H37F2N5O2. The molecule has 0 saturated carbocycles. The molecule has 0 radical (unpaired) electrons. The molecule has 0 N–H and O–H groups in total. The van der Waals surface area contributed by atoms with E-state index in [1.54, 1.807) is 6.20 Å². The number of para-hydroxylation sites is 1. The third-order valence-electron chi connectivity index (χ3n) is 8.74. The number of aromatic nitrogens is 2. The van der Waals surface area contributed by atoms with Crippen LogP contribution in [0.1, 0.15) is 34.3 Å². The van der Waals surface area contributed by atoms with Crippen LogP contribution in [0.2, 0.25) is 0 Å². The van der Waals surface area contributed by atoms with Crippen molar-refractivity contribution in [2.75, 3.05) is 53.5 Å². The van der Waals surface area contributed by atoms with Gasteiger partial charge in [0.1, 0.15) is 11.6 Å². The molecule has 0 unspecified atom stereocenters. The monoisotopic (exact) mass is 585 g/mol. The van der Waals surface area contributed by atoms with Crippen LogP contribution in [-0.4, -0.2) is 90.1 Å². The van der Waals surface area contributed by atoms with E-state index in [1.807, 2.05) is 53.1 Å². The van der Waals surface area contributed by atoms with E-state index in [1.165, 1.54) is 12.1 Å². The van der Waals surface area contributed by atoms with Crippen LogP contribution in [0.25, 0.3) is 33.4 Å². The summed E-state index contributed by atoms with van der Waals surface area (Å²) in [6.07, 6.45) is 3.63. The van der Waals surface area contributed by atoms with Crippen LogP contribution in [0.4, 0.5) is 8.78 Å². The molecule has 224 valence electrons. The zero-order valence-corrected chi connectivity index (χ0v) is 24.9. The van der Waals surface area contributed by atoms with Gasteiger partial charge in [-0.25, -0.2) is 13.8 Å². The lowest BCUT2D eigenvalue weighted by Crippen LogP contribution is -2.44. The largest absolute Gasteiger partial charge is 0.379 e. The molecule has 3 heterocycles. The Morgan fingerprint density at radius 1 is 0.977 bits per heavy atom. The molecule has 1 aromatic heterocycles. The van der Waals surface area contributed by atoms with Gasteiger partial charge in [-0.1, -0.05) is 18.2 Å². The first kappa shape index (κ1) is 29.3. The van der Waals surface area contributed by atoms with Crippen molar-refractivity contribution in [3.63, 3.8) is 0 Å². The van der Waals surface area contributed by atoms with Crippen LogP contribution in [0.3, 0.4) is 0 Å². The molecule has 7 nitrogen and oxygen atoms in total. The summed E-state index contributed by atoms with van der Waals surface area (Å²) in [6, 6.07) is 14.4. The van der Waals surface area contributed by atoms with E-state index in [9.17, 15) is 4.79 Å². The topological polar surface area (TPSA) is 61.8 Å². The maximum absolute atomic E-state index is 15.3. The molecule has 9 heteroatoms. The number of amides is 1. The van der Waals surface area contributed by atoms with E-state index in [4.69, 9.17) is 9.72 Å². The van der Waals surface area contributed by atoms with Crippen molar-refractivity contribution >= 4 is 16.9 Å². The van der Waals surface area contributed by atoms with E-state index in [2.05, 4.69) is 24.0 Å². The highest BCUT2D eigenvalue weighted by atomic mass is 19.1. The van der Waals surface area contributed by atoms with Gasteiger partial charge < -0.3 is 14.5 Å². The maximum atomic E-state index is 15.3. The van der Waals surface area contributed by atoms with Gasteiger partial charge in [-0.3, -0.25) is 14.7 Å². The molecule has 1 amide bonds. The Morgan fingerprint density at radius 2 is 1.70 bits per heavy atom. The lowest BCUT2D eigenvalue weighted by Gasteiger charge is -2.35. The average Bonchev–Trinajstić information content (AvgIpc) is 3.02. The van der Waals surface area contributed by atoms with Crippen LogP contribution in [0.15, 0.2) is 54.7 Å². The number of likely N-dealkylation sites (tertiary alicyclic amines) is 1. The first-order chi connectivity index (χ1) is 20.8. The van der Waals surface area contributed by atoms with Crippen molar-refractivity contribution in [2.24, 2.45) is 0 Å². The lowest BCUT2D eigenvalue weighted by molar-refractivity contribution is 0.0332. The number of carbonyl (C=O) groups excluding carboxylic acids is 1. The lowest BCUT2D eigenvalue weighted by atomic mass is 9.99. The highest BCUT2D eigenvalue weighted by molar-refractivity contribution is 5.96. The molecule has 0 atom stereocenters. The fourth-order valence-electron chi connectivity index (χ4n) is 6.12. The van der Waals surface area contributed by atoms with E-state index < -0.39 is 11.6 Å². The summed E-state index contributed by atoms with van der Waals surface area (Å²) >= 11 is 0. The van der Waals surface area contributed by atoms with Gasteiger partial charge in [-0.05, 0) is 75.3 Å². The number of nitrogens with zero attached hydrogens (tertiary/aromatic N) is 5. The normalized spacial score (nSPS) is 16.7. The number of hydrogen-bond acceptors (Lipinski definition) is 6. The molecule has 3 aromatic carbocycles. The maximum Gasteiger partial charge on any atom is 0.254 e.